The number of hydrogen-bond donors (Lipinski definition) is 1. The highest BCUT2D eigenvalue weighted by Crippen LogP contribution is 2.24. The summed E-state index contributed by atoms with van der Waals surface area (Å²) < 4.78 is 11.8. The van der Waals surface area contributed by atoms with Crippen molar-refractivity contribution in [3.8, 4) is 17.2 Å². The van der Waals surface area contributed by atoms with E-state index in [1.165, 1.54) is 5.56 Å². The molecule has 0 unspecified atom stereocenters. The molecule has 0 bridgehead atoms. The first-order chi connectivity index (χ1) is 12.7. The lowest BCUT2D eigenvalue weighted by Crippen LogP contribution is -2.53. The average molecular weight is 346 g/mol. The molecule has 1 aliphatic rings. The van der Waals surface area contributed by atoms with Crippen molar-refractivity contribution in [3.63, 3.8) is 0 Å². The number of ether oxygens (including phenoxy) is 2. The van der Waals surface area contributed by atoms with Crippen LogP contribution in [0.3, 0.4) is 0 Å². The molecule has 0 amide bonds. The molecule has 2 N–H and O–H groups in total. The summed E-state index contributed by atoms with van der Waals surface area (Å²) >= 11 is 0. The second kappa shape index (κ2) is 7.50. The summed E-state index contributed by atoms with van der Waals surface area (Å²) in [7, 11) is 0. The van der Waals surface area contributed by atoms with Gasteiger partial charge in [-0.25, -0.2) is 0 Å². The number of hydrogen-bond acceptors (Lipinski definition) is 4. The third-order valence-corrected chi connectivity index (χ3v) is 4.41. The van der Waals surface area contributed by atoms with Crippen LogP contribution < -0.4 is 15.2 Å². The van der Waals surface area contributed by atoms with Crippen molar-refractivity contribution in [1.29, 1.82) is 0 Å². The van der Waals surface area contributed by atoms with Gasteiger partial charge in [0.25, 0.3) is 0 Å². The van der Waals surface area contributed by atoms with Gasteiger partial charge in [0, 0.05) is 25.3 Å². The molecule has 4 nitrogen and oxygen atoms in total. The largest absolute Gasteiger partial charge is 0.488 e. The molecule has 26 heavy (non-hydrogen) atoms. The van der Waals surface area contributed by atoms with Crippen LogP contribution in [0.15, 0.2) is 78.9 Å². The minimum Gasteiger partial charge on any atom is -0.488 e. The minimum atomic E-state index is 0.249. The van der Waals surface area contributed by atoms with Gasteiger partial charge in [0.15, 0.2) is 0 Å². The number of nitrogens with zero attached hydrogens (tertiary/aromatic N) is 1. The SMILES string of the molecule is Nc1ccc(OC2CN(Cc3ccc(Oc4ccccc4)cc3)C2)cc1. The number of nitrogen functional groups attached to an aromatic ring is 1. The monoisotopic (exact) mass is 346 g/mol. The van der Waals surface area contributed by atoms with E-state index in [0.717, 1.165) is 42.6 Å². The fraction of sp³-hybridized carbons (Fsp3) is 0.182. The van der Waals surface area contributed by atoms with Crippen molar-refractivity contribution < 1.29 is 9.47 Å². The Morgan fingerprint density at radius 1 is 0.769 bits per heavy atom. The number of rotatable bonds is 6. The third-order valence-electron chi connectivity index (χ3n) is 4.41. The van der Waals surface area contributed by atoms with Crippen molar-refractivity contribution in [3.05, 3.63) is 84.4 Å². The predicted octanol–water partition coefficient (Wildman–Crippen LogP) is 4.32. The maximum Gasteiger partial charge on any atom is 0.127 e. The topological polar surface area (TPSA) is 47.7 Å². The maximum absolute atomic E-state index is 5.94. The van der Waals surface area contributed by atoms with Crippen molar-refractivity contribution in [2.24, 2.45) is 0 Å². The van der Waals surface area contributed by atoms with E-state index in [9.17, 15) is 0 Å². The number of anilines is 1. The highest BCUT2D eigenvalue weighted by Gasteiger charge is 2.28. The van der Waals surface area contributed by atoms with Gasteiger partial charge >= 0.3 is 0 Å². The zero-order valence-corrected chi connectivity index (χ0v) is 14.5. The predicted molar refractivity (Wildman–Crippen MR) is 104 cm³/mol. The first kappa shape index (κ1) is 16.5. The first-order valence-electron chi connectivity index (χ1n) is 8.81. The van der Waals surface area contributed by atoms with E-state index in [0.29, 0.717) is 0 Å². The summed E-state index contributed by atoms with van der Waals surface area (Å²) in [6.07, 6.45) is 0.249. The van der Waals surface area contributed by atoms with Crippen LogP contribution in [0.1, 0.15) is 5.56 Å². The molecule has 3 aromatic rings. The van der Waals surface area contributed by atoms with Crippen LogP contribution in [-0.4, -0.2) is 24.1 Å². The van der Waals surface area contributed by atoms with E-state index in [1.807, 2.05) is 66.7 Å². The second-order valence-corrected chi connectivity index (χ2v) is 6.56. The van der Waals surface area contributed by atoms with E-state index < -0.39 is 0 Å². The number of benzene rings is 3. The molecule has 3 aromatic carbocycles. The smallest absolute Gasteiger partial charge is 0.127 e. The number of para-hydroxylation sites is 1. The lowest BCUT2D eigenvalue weighted by atomic mass is 10.1. The summed E-state index contributed by atoms with van der Waals surface area (Å²) in [6, 6.07) is 25.7. The Morgan fingerprint density at radius 2 is 1.38 bits per heavy atom. The van der Waals surface area contributed by atoms with Crippen LogP contribution in [0, 0.1) is 0 Å². The van der Waals surface area contributed by atoms with Crippen LogP contribution in [-0.2, 0) is 6.54 Å². The van der Waals surface area contributed by atoms with Gasteiger partial charge < -0.3 is 15.2 Å². The minimum absolute atomic E-state index is 0.249. The quantitative estimate of drug-likeness (QED) is 0.675. The lowest BCUT2D eigenvalue weighted by Gasteiger charge is -2.39. The maximum atomic E-state index is 5.94. The van der Waals surface area contributed by atoms with Crippen LogP contribution in [0.4, 0.5) is 5.69 Å². The molecule has 1 saturated heterocycles. The number of nitrogens with two attached hydrogens (primary N) is 1. The molecule has 4 rings (SSSR count). The van der Waals surface area contributed by atoms with E-state index in [1.54, 1.807) is 0 Å². The van der Waals surface area contributed by atoms with E-state index in [4.69, 9.17) is 15.2 Å². The Balaban J connectivity index is 1.25. The van der Waals surface area contributed by atoms with E-state index in [2.05, 4.69) is 17.0 Å². The van der Waals surface area contributed by atoms with Crippen molar-refractivity contribution in [2.45, 2.75) is 12.6 Å². The molecule has 1 fully saturated rings. The molecule has 0 spiro atoms. The second-order valence-electron chi connectivity index (χ2n) is 6.56. The van der Waals surface area contributed by atoms with Crippen molar-refractivity contribution in [2.75, 3.05) is 18.8 Å². The highest BCUT2D eigenvalue weighted by molar-refractivity contribution is 5.41. The van der Waals surface area contributed by atoms with Gasteiger partial charge in [0.2, 0.25) is 0 Å². The van der Waals surface area contributed by atoms with E-state index >= 15 is 0 Å². The highest BCUT2D eigenvalue weighted by atomic mass is 16.5. The summed E-state index contributed by atoms with van der Waals surface area (Å²) in [5.41, 5.74) is 7.72. The molecule has 132 valence electrons. The molecule has 0 aliphatic carbocycles. The molecule has 0 atom stereocenters. The van der Waals surface area contributed by atoms with Gasteiger partial charge in [0.1, 0.15) is 23.4 Å². The molecule has 1 aliphatic heterocycles. The molecule has 0 saturated carbocycles. The van der Waals surface area contributed by atoms with Crippen LogP contribution in [0.5, 0.6) is 17.2 Å². The van der Waals surface area contributed by atoms with Gasteiger partial charge in [-0.15, -0.1) is 0 Å². The van der Waals surface area contributed by atoms with Gasteiger partial charge in [0.05, 0.1) is 0 Å². The van der Waals surface area contributed by atoms with Crippen molar-refractivity contribution >= 4 is 5.69 Å². The Morgan fingerprint density at radius 3 is 2.08 bits per heavy atom. The van der Waals surface area contributed by atoms with Gasteiger partial charge in [-0.1, -0.05) is 30.3 Å². The molecule has 0 radical (unpaired) electrons. The van der Waals surface area contributed by atoms with Gasteiger partial charge in [-0.05, 0) is 54.1 Å². The van der Waals surface area contributed by atoms with Crippen LogP contribution >= 0.6 is 0 Å². The summed E-state index contributed by atoms with van der Waals surface area (Å²) in [5.74, 6) is 2.59. The summed E-state index contributed by atoms with van der Waals surface area (Å²) in [6.45, 7) is 2.80. The standard InChI is InChI=1S/C22H22N2O2/c23-18-8-12-21(13-9-18)26-22-15-24(16-22)14-17-6-10-20(11-7-17)25-19-4-2-1-3-5-19/h1-13,22H,14-16,23H2. The molecule has 4 heteroatoms. The zero-order valence-electron chi connectivity index (χ0n) is 14.5. The lowest BCUT2D eigenvalue weighted by molar-refractivity contribution is 0.0146. The van der Waals surface area contributed by atoms with E-state index in [-0.39, 0.29) is 6.10 Å². The van der Waals surface area contributed by atoms with Gasteiger partial charge in [-0.3, -0.25) is 4.90 Å². The normalized spacial score (nSPS) is 14.6. The van der Waals surface area contributed by atoms with Crippen molar-refractivity contribution in [1.82, 2.24) is 4.90 Å². The van der Waals surface area contributed by atoms with Crippen LogP contribution in [0.25, 0.3) is 0 Å². The summed E-state index contributed by atoms with van der Waals surface area (Å²) in [4.78, 5) is 2.37. The first-order valence-corrected chi connectivity index (χ1v) is 8.81. The molecular formula is C22H22N2O2. The fourth-order valence-electron chi connectivity index (χ4n) is 3.01. The molecular weight excluding hydrogens is 324 g/mol. The van der Waals surface area contributed by atoms with Crippen LogP contribution in [0.2, 0.25) is 0 Å². The molecule has 1 heterocycles. The Bertz CT molecular complexity index is 826. The molecule has 0 aromatic heterocycles. The van der Waals surface area contributed by atoms with Gasteiger partial charge in [-0.2, -0.15) is 0 Å². The average Bonchev–Trinajstić information content (AvgIpc) is 2.64. The Labute approximate surface area is 153 Å². The fourth-order valence-corrected chi connectivity index (χ4v) is 3.01. The zero-order chi connectivity index (χ0) is 17.8. The Hall–Kier alpha value is -2.98. The Kier molecular flexibility index (Phi) is 4.75. The number of likely N-dealkylation sites (tertiary alicyclic amines) is 1. The third kappa shape index (κ3) is 4.16. The summed E-state index contributed by atoms with van der Waals surface area (Å²) in [5, 5.41) is 0.